The van der Waals surface area contributed by atoms with Crippen molar-refractivity contribution in [2.75, 3.05) is 31.7 Å². The lowest BCUT2D eigenvalue weighted by Crippen LogP contribution is -2.46. The van der Waals surface area contributed by atoms with Gasteiger partial charge in [-0.3, -0.25) is 10.1 Å². The van der Waals surface area contributed by atoms with Gasteiger partial charge in [0.2, 0.25) is 6.08 Å². The number of amides is 2. The van der Waals surface area contributed by atoms with Crippen LogP contribution >= 0.6 is 0 Å². The topological polar surface area (TPSA) is 125 Å². The minimum atomic E-state index is -2.76. The summed E-state index contributed by atoms with van der Waals surface area (Å²) in [6, 6.07) is 5.45. The largest absolute Gasteiger partial charge is 0.500 e. The fraction of sp³-hybridized carbons (Fsp3) is 0.571. The average molecular weight is 468 g/mol. The SMILES string of the molecule is CCO[Si](CCCNC(=O)C(C)OC(=O)Nc1cccc(N=C=O)c1C)(OCC)OCC. The first-order valence-electron chi connectivity index (χ1n) is 10.7. The molecular weight excluding hydrogens is 434 g/mol. The number of benzene rings is 1. The molecule has 10 nitrogen and oxygen atoms in total. The van der Waals surface area contributed by atoms with Crippen molar-refractivity contribution >= 4 is 38.3 Å². The van der Waals surface area contributed by atoms with Crippen LogP contribution in [0.25, 0.3) is 0 Å². The van der Waals surface area contributed by atoms with Gasteiger partial charge in [0.05, 0.1) is 5.69 Å². The lowest BCUT2D eigenvalue weighted by atomic mass is 10.1. The Hall–Kier alpha value is -2.56. The van der Waals surface area contributed by atoms with E-state index < -0.39 is 26.9 Å². The van der Waals surface area contributed by atoms with Crippen LogP contribution in [-0.2, 0) is 27.6 Å². The van der Waals surface area contributed by atoms with Gasteiger partial charge in [0.25, 0.3) is 5.91 Å². The molecule has 178 valence electrons. The number of anilines is 1. The van der Waals surface area contributed by atoms with Crippen LogP contribution in [0.3, 0.4) is 0 Å². The molecule has 0 fully saturated rings. The summed E-state index contributed by atoms with van der Waals surface area (Å²) in [6.07, 6.45) is 0.267. The van der Waals surface area contributed by atoms with E-state index in [1.807, 2.05) is 20.8 Å². The summed E-state index contributed by atoms with van der Waals surface area (Å²) in [7, 11) is -2.76. The Kier molecular flexibility index (Phi) is 12.4. The highest BCUT2D eigenvalue weighted by molar-refractivity contribution is 6.60. The van der Waals surface area contributed by atoms with Crippen molar-refractivity contribution in [3.63, 3.8) is 0 Å². The zero-order chi connectivity index (χ0) is 24.0. The van der Waals surface area contributed by atoms with Crippen LogP contribution in [0.5, 0.6) is 0 Å². The van der Waals surface area contributed by atoms with Gasteiger partial charge in [0.1, 0.15) is 0 Å². The van der Waals surface area contributed by atoms with Crippen molar-refractivity contribution in [1.29, 1.82) is 0 Å². The Labute approximate surface area is 190 Å². The highest BCUT2D eigenvalue weighted by atomic mass is 28.4. The molecule has 0 aliphatic carbocycles. The molecule has 2 amide bonds. The molecule has 1 aromatic rings. The van der Waals surface area contributed by atoms with E-state index in [1.54, 1.807) is 25.1 Å². The lowest BCUT2D eigenvalue weighted by Gasteiger charge is -2.28. The van der Waals surface area contributed by atoms with Crippen molar-refractivity contribution in [3.05, 3.63) is 23.8 Å². The summed E-state index contributed by atoms with van der Waals surface area (Å²) < 4.78 is 22.5. The lowest BCUT2D eigenvalue weighted by molar-refractivity contribution is -0.128. The van der Waals surface area contributed by atoms with E-state index in [-0.39, 0.29) is 0 Å². The van der Waals surface area contributed by atoms with Gasteiger partial charge < -0.3 is 23.3 Å². The Morgan fingerprint density at radius 1 is 1.12 bits per heavy atom. The molecule has 0 saturated carbocycles. The number of rotatable bonds is 14. The van der Waals surface area contributed by atoms with Crippen LogP contribution in [0, 0.1) is 6.92 Å². The van der Waals surface area contributed by atoms with Crippen LogP contribution in [0.2, 0.25) is 6.04 Å². The van der Waals surface area contributed by atoms with Crippen molar-refractivity contribution in [2.24, 2.45) is 4.99 Å². The number of carbonyl (C=O) groups excluding carboxylic acids is 3. The number of isocyanates is 1. The van der Waals surface area contributed by atoms with Crippen LogP contribution in [-0.4, -0.2) is 59.4 Å². The second-order valence-electron chi connectivity index (χ2n) is 6.70. The molecule has 0 spiro atoms. The number of nitrogens with zero attached hydrogens (tertiary/aromatic N) is 1. The van der Waals surface area contributed by atoms with Gasteiger partial charge in [-0.05, 0) is 58.7 Å². The Morgan fingerprint density at radius 3 is 2.31 bits per heavy atom. The van der Waals surface area contributed by atoms with E-state index in [4.69, 9.17) is 18.0 Å². The zero-order valence-corrected chi connectivity index (χ0v) is 20.4. The number of aliphatic imine (C=N–C) groups is 1. The Bertz CT molecular complexity index is 783. The van der Waals surface area contributed by atoms with Gasteiger partial charge in [-0.2, -0.15) is 4.99 Å². The molecule has 0 aliphatic heterocycles. The van der Waals surface area contributed by atoms with Crippen molar-refractivity contribution < 1.29 is 32.4 Å². The minimum absolute atomic E-state index is 0.362. The molecule has 1 unspecified atom stereocenters. The number of ether oxygens (including phenoxy) is 1. The number of carbonyl (C=O) groups is 2. The molecule has 2 N–H and O–H groups in total. The molecule has 32 heavy (non-hydrogen) atoms. The summed E-state index contributed by atoms with van der Waals surface area (Å²) in [5.74, 6) is -0.423. The minimum Gasteiger partial charge on any atom is -0.436 e. The summed E-state index contributed by atoms with van der Waals surface area (Å²) in [5.41, 5.74) is 1.38. The van der Waals surface area contributed by atoms with Crippen molar-refractivity contribution in [3.8, 4) is 0 Å². The summed E-state index contributed by atoms with van der Waals surface area (Å²) in [5, 5.41) is 5.29. The van der Waals surface area contributed by atoms with Gasteiger partial charge in [0.15, 0.2) is 6.10 Å². The molecule has 11 heteroatoms. The molecule has 0 aromatic heterocycles. The molecule has 0 aliphatic rings. The predicted octanol–water partition coefficient (Wildman–Crippen LogP) is 3.45. The zero-order valence-electron chi connectivity index (χ0n) is 19.4. The Morgan fingerprint density at radius 2 is 1.75 bits per heavy atom. The molecular formula is C21H33N3O7Si. The summed E-state index contributed by atoms with van der Waals surface area (Å²) in [4.78, 5) is 38.5. The molecule has 0 heterocycles. The molecule has 1 atom stereocenters. The molecule has 0 bridgehead atoms. The third-order valence-corrected chi connectivity index (χ3v) is 7.56. The van der Waals surface area contributed by atoms with Crippen LogP contribution in [0.4, 0.5) is 16.2 Å². The molecule has 0 radical (unpaired) electrons. The number of hydrogen-bond acceptors (Lipinski definition) is 8. The molecule has 0 saturated heterocycles. The average Bonchev–Trinajstić information content (AvgIpc) is 2.74. The molecule has 1 aromatic carbocycles. The first-order chi connectivity index (χ1) is 15.3. The van der Waals surface area contributed by atoms with Gasteiger partial charge in [0, 0.05) is 38.1 Å². The van der Waals surface area contributed by atoms with E-state index in [1.165, 1.54) is 13.0 Å². The monoisotopic (exact) mass is 467 g/mol. The van der Waals surface area contributed by atoms with Gasteiger partial charge in [-0.25, -0.2) is 9.59 Å². The van der Waals surface area contributed by atoms with E-state index in [0.29, 0.717) is 55.8 Å². The maximum atomic E-state index is 12.3. The number of nitrogens with one attached hydrogen (secondary N) is 2. The van der Waals surface area contributed by atoms with Gasteiger partial charge in [-0.15, -0.1) is 0 Å². The van der Waals surface area contributed by atoms with E-state index >= 15 is 0 Å². The van der Waals surface area contributed by atoms with Crippen LogP contribution in [0.1, 0.15) is 39.7 Å². The maximum absolute atomic E-state index is 12.3. The fourth-order valence-electron chi connectivity index (χ4n) is 2.94. The van der Waals surface area contributed by atoms with Crippen LogP contribution < -0.4 is 10.6 Å². The third-order valence-electron chi connectivity index (χ3n) is 4.41. The fourth-order valence-corrected chi connectivity index (χ4v) is 5.56. The summed E-state index contributed by atoms with van der Waals surface area (Å²) in [6.45, 7) is 10.7. The smallest absolute Gasteiger partial charge is 0.436 e. The van der Waals surface area contributed by atoms with Crippen molar-refractivity contribution in [1.82, 2.24) is 5.32 Å². The van der Waals surface area contributed by atoms with E-state index in [9.17, 15) is 14.4 Å². The predicted molar refractivity (Wildman–Crippen MR) is 122 cm³/mol. The van der Waals surface area contributed by atoms with Crippen LogP contribution in [0.15, 0.2) is 23.2 Å². The Balaban J connectivity index is 2.53. The first kappa shape index (κ1) is 27.5. The van der Waals surface area contributed by atoms with Gasteiger partial charge in [-0.1, -0.05) is 6.07 Å². The van der Waals surface area contributed by atoms with Crippen molar-refractivity contribution in [2.45, 2.75) is 53.2 Å². The maximum Gasteiger partial charge on any atom is 0.500 e. The first-order valence-corrected chi connectivity index (χ1v) is 12.6. The number of hydrogen-bond donors (Lipinski definition) is 2. The van der Waals surface area contributed by atoms with Gasteiger partial charge >= 0.3 is 14.9 Å². The molecule has 1 rings (SSSR count). The highest BCUT2D eigenvalue weighted by Gasteiger charge is 2.39. The standard InChI is InChI=1S/C21H33N3O7Si/c1-6-28-32(29-7-2,30-8-3)14-10-13-22-20(26)17(5)31-21(27)24-19-12-9-11-18(16(19)4)23-15-25/h9,11-12,17H,6-8,10,13-14H2,1-5H3,(H,22,26)(H,24,27). The second-order valence-corrected chi connectivity index (χ2v) is 9.43. The van der Waals surface area contributed by atoms with E-state index in [2.05, 4.69) is 15.6 Å². The normalized spacial score (nSPS) is 11.9. The third kappa shape index (κ3) is 8.89. The quantitative estimate of drug-likeness (QED) is 0.186. The highest BCUT2D eigenvalue weighted by Crippen LogP contribution is 2.25. The summed E-state index contributed by atoms with van der Waals surface area (Å²) >= 11 is 0. The van der Waals surface area contributed by atoms with E-state index in [0.717, 1.165) is 0 Å². The second kappa shape index (κ2) is 14.5.